The Kier molecular flexibility index (Phi) is 5.80. The second-order valence-electron chi connectivity index (χ2n) is 6.15. The van der Waals surface area contributed by atoms with Gasteiger partial charge in [-0.3, -0.25) is 0 Å². The molecule has 0 fully saturated rings. The molecule has 6 nitrogen and oxygen atoms in total. The quantitative estimate of drug-likeness (QED) is 0.345. The average Bonchev–Trinajstić information content (AvgIpc) is 3.02. The van der Waals surface area contributed by atoms with Crippen molar-refractivity contribution in [2.24, 2.45) is 0 Å². The topological polar surface area (TPSA) is 78.9 Å². The van der Waals surface area contributed by atoms with Crippen molar-refractivity contribution >= 4 is 10.1 Å². The van der Waals surface area contributed by atoms with Gasteiger partial charge >= 0.3 is 0 Å². The van der Waals surface area contributed by atoms with Crippen LogP contribution >= 0.6 is 0 Å². The second kappa shape index (κ2) is 8.25. The summed E-state index contributed by atoms with van der Waals surface area (Å²) >= 11 is 0. The summed E-state index contributed by atoms with van der Waals surface area (Å²) in [6, 6.07) is 20.0. The van der Waals surface area contributed by atoms with Crippen LogP contribution in [-0.4, -0.2) is 28.6 Å². The van der Waals surface area contributed by atoms with E-state index in [-0.39, 0.29) is 5.75 Å². The fourth-order valence-electron chi connectivity index (χ4n) is 2.81. The molecule has 0 spiro atoms. The van der Waals surface area contributed by atoms with E-state index in [2.05, 4.69) is 5.21 Å². The van der Waals surface area contributed by atoms with E-state index in [4.69, 9.17) is 0 Å². The van der Waals surface area contributed by atoms with Gasteiger partial charge in [0.15, 0.2) is 11.9 Å². The number of benzene rings is 2. The first kappa shape index (κ1) is 18.3. The molecular weight excluding hydrogens is 350 g/mol. The summed E-state index contributed by atoms with van der Waals surface area (Å²) in [4.78, 5) is 0. The fraction of sp³-hybridized carbons (Fsp3) is 0.263. The Morgan fingerprint density at radius 2 is 1.62 bits per heavy atom. The zero-order valence-corrected chi connectivity index (χ0v) is 15.2. The highest BCUT2D eigenvalue weighted by atomic mass is 32.2. The number of rotatable bonds is 8. The molecule has 0 atom stereocenters. The molecular formula is C19H21N3O3S. The third-order valence-corrected chi connectivity index (χ3v) is 4.83. The van der Waals surface area contributed by atoms with Gasteiger partial charge in [-0.1, -0.05) is 60.7 Å². The van der Waals surface area contributed by atoms with Crippen LogP contribution in [-0.2, 0) is 23.2 Å². The minimum Gasteiger partial charge on any atom is -0.748 e. The predicted molar refractivity (Wildman–Crippen MR) is 97.2 cm³/mol. The third kappa shape index (κ3) is 5.24. The average molecular weight is 371 g/mol. The number of nitrogens with zero attached hydrogens (tertiary/aromatic N) is 3. The van der Waals surface area contributed by atoms with Gasteiger partial charge < -0.3 is 4.55 Å². The highest BCUT2D eigenvalue weighted by Crippen LogP contribution is 2.17. The molecule has 0 saturated heterocycles. The Balaban J connectivity index is 1.79. The van der Waals surface area contributed by atoms with Crippen molar-refractivity contribution in [1.82, 2.24) is 9.90 Å². The number of hydrogen-bond donors (Lipinski definition) is 0. The van der Waals surface area contributed by atoms with Gasteiger partial charge in [0.1, 0.15) is 13.1 Å². The standard InChI is InChI=1S/C19H21N3O3S/c23-26(24,25)14-8-7-13-22-19(18-11-5-2-6-12-18)16-21(20-22)15-17-9-3-1-4-10-17/h1-6,9-12,16H,7-8,13-15H2. The minimum atomic E-state index is -4.16. The first-order valence-corrected chi connectivity index (χ1v) is 10.1. The molecule has 0 bridgehead atoms. The van der Waals surface area contributed by atoms with Crippen molar-refractivity contribution in [2.75, 3.05) is 5.75 Å². The normalized spacial score (nSPS) is 11.6. The summed E-state index contributed by atoms with van der Waals surface area (Å²) in [5.74, 6) is -0.334. The SMILES string of the molecule is O=S(=O)([O-])CCCCn1n[n+](Cc2ccccc2)cc1-c1ccccc1. The number of unbranched alkanes of at least 4 members (excludes halogenated alkanes) is 1. The van der Waals surface area contributed by atoms with Crippen LogP contribution in [0, 0.1) is 0 Å². The van der Waals surface area contributed by atoms with E-state index in [1.54, 1.807) is 0 Å². The smallest absolute Gasteiger partial charge is 0.197 e. The molecule has 0 N–H and O–H groups in total. The lowest BCUT2D eigenvalue weighted by atomic mass is 10.1. The second-order valence-corrected chi connectivity index (χ2v) is 7.67. The van der Waals surface area contributed by atoms with Gasteiger partial charge in [0.05, 0.1) is 15.3 Å². The van der Waals surface area contributed by atoms with E-state index >= 15 is 0 Å². The summed E-state index contributed by atoms with van der Waals surface area (Å²) in [5, 5.41) is 4.62. The van der Waals surface area contributed by atoms with Gasteiger partial charge in [-0.05, 0) is 18.4 Å². The molecule has 0 aliphatic heterocycles. The maximum Gasteiger partial charge on any atom is 0.197 e. The lowest BCUT2D eigenvalue weighted by molar-refractivity contribution is -0.747. The Labute approximate surface area is 153 Å². The molecule has 0 amide bonds. The Morgan fingerprint density at radius 1 is 0.962 bits per heavy atom. The molecule has 2 aromatic carbocycles. The summed E-state index contributed by atoms with van der Waals surface area (Å²) in [6.07, 6.45) is 2.90. The molecule has 3 aromatic rings. The van der Waals surface area contributed by atoms with Gasteiger partial charge in [-0.15, -0.1) is 9.36 Å². The molecule has 7 heteroatoms. The van der Waals surface area contributed by atoms with Gasteiger partial charge in [-0.2, -0.15) is 0 Å². The van der Waals surface area contributed by atoms with Crippen molar-refractivity contribution < 1.29 is 17.7 Å². The largest absolute Gasteiger partial charge is 0.748 e. The molecule has 0 radical (unpaired) electrons. The van der Waals surface area contributed by atoms with Crippen molar-refractivity contribution in [3.8, 4) is 11.3 Å². The molecule has 1 heterocycles. The molecule has 26 heavy (non-hydrogen) atoms. The van der Waals surface area contributed by atoms with Crippen LogP contribution in [0.4, 0.5) is 0 Å². The van der Waals surface area contributed by atoms with Crippen molar-refractivity contribution in [2.45, 2.75) is 25.9 Å². The van der Waals surface area contributed by atoms with E-state index < -0.39 is 10.1 Å². The third-order valence-electron chi connectivity index (χ3n) is 4.04. The lowest BCUT2D eigenvalue weighted by Crippen LogP contribution is -2.36. The minimum absolute atomic E-state index is 0.332. The van der Waals surface area contributed by atoms with Crippen molar-refractivity contribution in [1.29, 1.82) is 0 Å². The first-order valence-electron chi connectivity index (χ1n) is 8.52. The van der Waals surface area contributed by atoms with Gasteiger partial charge in [0.2, 0.25) is 0 Å². The maximum absolute atomic E-state index is 10.8. The summed E-state index contributed by atoms with van der Waals surface area (Å²) < 4.78 is 36.0. The maximum atomic E-state index is 10.8. The Hall–Kier alpha value is -2.51. The van der Waals surface area contributed by atoms with Gasteiger partial charge in [0.25, 0.3) is 0 Å². The zero-order valence-electron chi connectivity index (χ0n) is 14.4. The van der Waals surface area contributed by atoms with E-state index in [9.17, 15) is 13.0 Å². The van der Waals surface area contributed by atoms with Crippen molar-refractivity contribution in [3.05, 3.63) is 72.4 Å². The summed E-state index contributed by atoms with van der Waals surface area (Å²) in [7, 11) is -4.16. The first-order chi connectivity index (χ1) is 12.5. The van der Waals surface area contributed by atoms with Crippen LogP contribution in [0.25, 0.3) is 11.3 Å². The van der Waals surface area contributed by atoms with Crippen LogP contribution in [0.5, 0.6) is 0 Å². The van der Waals surface area contributed by atoms with Gasteiger partial charge in [-0.25, -0.2) is 8.42 Å². The molecule has 0 aliphatic carbocycles. The lowest BCUT2D eigenvalue weighted by Gasteiger charge is -2.05. The van der Waals surface area contributed by atoms with Crippen LogP contribution in [0.1, 0.15) is 18.4 Å². The molecule has 0 aliphatic rings. The zero-order chi connectivity index (χ0) is 18.4. The number of aryl methyl sites for hydroxylation is 1. The predicted octanol–water partition coefficient (Wildman–Crippen LogP) is 2.21. The Bertz CT molecular complexity index is 939. The molecule has 3 rings (SSSR count). The summed E-state index contributed by atoms with van der Waals surface area (Å²) in [5.41, 5.74) is 3.16. The molecule has 136 valence electrons. The van der Waals surface area contributed by atoms with Crippen LogP contribution < -0.4 is 4.68 Å². The van der Waals surface area contributed by atoms with E-state index in [1.165, 1.54) is 0 Å². The number of hydrogen-bond acceptors (Lipinski definition) is 4. The monoisotopic (exact) mass is 371 g/mol. The van der Waals surface area contributed by atoms with Crippen molar-refractivity contribution in [3.63, 3.8) is 0 Å². The highest BCUT2D eigenvalue weighted by molar-refractivity contribution is 7.85. The van der Waals surface area contributed by atoms with E-state index in [0.717, 1.165) is 16.8 Å². The van der Waals surface area contributed by atoms with Crippen LogP contribution in [0.2, 0.25) is 0 Å². The van der Waals surface area contributed by atoms with Gasteiger partial charge in [0, 0.05) is 11.3 Å². The summed E-state index contributed by atoms with van der Waals surface area (Å²) in [6.45, 7) is 1.21. The molecule has 0 saturated carbocycles. The molecule has 1 aromatic heterocycles. The highest BCUT2D eigenvalue weighted by Gasteiger charge is 2.17. The molecule has 0 unspecified atom stereocenters. The number of aromatic nitrogens is 3. The van der Waals surface area contributed by atoms with E-state index in [0.29, 0.717) is 25.9 Å². The van der Waals surface area contributed by atoms with Crippen LogP contribution in [0.3, 0.4) is 0 Å². The van der Waals surface area contributed by atoms with Crippen LogP contribution in [0.15, 0.2) is 66.9 Å². The Morgan fingerprint density at radius 3 is 2.27 bits per heavy atom. The van der Waals surface area contributed by atoms with E-state index in [1.807, 2.05) is 76.2 Å². The fourth-order valence-corrected chi connectivity index (χ4v) is 3.36.